The van der Waals surface area contributed by atoms with Crippen LogP contribution in [0.2, 0.25) is 0 Å². The van der Waals surface area contributed by atoms with Crippen LogP contribution in [0.4, 0.5) is 0 Å². The minimum Gasteiger partial charge on any atom is -0.449 e. The van der Waals surface area contributed by atoms with Gasteiger partial charge in [0.2, 0.25) is 0 Å². The third-order valence-electron chi connectivity index (χ3n) is 4.20. The topological polar surface area (TPSA) is 55.4 Å². The first-order valence-corrected chi connectivity index (χ1v) is 9.34. The van der Waals surface area contributed by atoms with Gasteiger partial charge in [-0.1, -0.05) is 37.3 Å². The van der Waals surface area contributed by atoms with Crippen molar-refractivity contribution >= 4 is 23.2 Å². The Labute approximate surface area is 153 Å². The number of esters is 1. The predicted molar refractivity (Wildman–Crippen MR) is 101 cm³/mol. The number of ether oxygens (including phenoxy) is 1. The Balaban J connectivity index is 1.89. The number of amides is 1. The summed E-state index contributed by atoms with van der Waals surface area (Å²) in [7, 11) is 0. The number of rotatable bonds is 7. The highest BCUT2D eigenvalue weighted by Gasteiger charge is 2.22. The van der Waals surface area contributed by atoms with Gasteiger partial charge in [0.1, 0.15) is 0 Å². The molecule has 1 aromatic heterocycles. The number of aryl methyl sites for hydroxylation is 2. The van der Waals surface area contributed by atoms with E-state index in [1.165, 1.54) is 5.56 Å². The zero-order chi connectivity index (χ0) is 18.4. The van der Waals surface area contributed by atoms with Crippen molar-refractivity contribution in [3.63, 3.8) is 0 Å². The van der Waals surface area contributed by atoms with E-state index in [1.54, 1.807) is 24.3 Å². The van der Waals surface area contributed by atoms with E-state index in [9.17, 15) is 9.59 Å². The maximum Gasteiger partial charge on any atom is 0.340 e. The molecule has 25 heavy (non-hydrogen) atoms. The molecule has 0 saturated carbocycles. The van der Waals surface area contributed by atoms with Crippen molar-refractivity contribution in [1.29, 1.82) is 0 Å². The van der Waals surface area contributed by atoms with Crippen LogP contribution < -0.4 is 5.32 Å². The fourth-order valence-electron chi connectivity index (χ4n) is 2.70. The Bertz CT molecular complexity index is 724. The minimum atomic E-state index is -0.819. The first-order valence-electron chi connectivity index (χ1n) is 8.53. The summed E-state index contributed by atoms with van der Waals surface area (Å²) in [5.41, 5.74) is 1.73. The van der Waals surface area contributed by atoms with Gasteiger partial charge in [-0.3, -0.25) is 4.79 Å². The monoisotopic (exact) mass is 359 g/mol. The van der Waals surface area contributed by atoms with E-state index in [0.29, 0.717) is 12.1 Å². The maximum atomic E-state index is 12.3. The first-order chi connectivity index (χ1) is 11.9. The number of carbonyl (C=O) groups is 2. The molecule has 0 aliphatic heterocycles. The smallest absolute Gasteiger partial charge is 0.340 e. The van der Waals surface area contributed by atoms with Gasteiger partial charge in [0.15, 0.2) is 6.10 Å². The quantitative estimate of drug-likeness (QED) is 0.753. The van der Waals surface area contributed by atoms with Gasteiger partial charge in [-0.15, -0.1) is 11.3 Å². The van der Waals surface area contributed by atoms with Gasteiger partial charge in [0.05, 0.1) is 5.56 Å². The SMILES string of the molecule is CC[C@H](CNC(=O)[C@H](C)OC(=O)c1cc(C)sc1C)c1ccccc1. The van der Waals surface area contributed by atoms with Crippen molar-refractivity contribution < 1.29 is 14.3 Å². The highest BCUT2D eigenvalue weighted by molar-refractivity contribution is 7.12. The molecule has 5 heteroatoms. The molecule has 1 aromatic carbocycles. The third-order valence-corrected chi connectivity index (χ3v) is 5.17. The number of thiophene rings is 1. The summed E-state index contributed by atoms with van der Waals surface area (Å²) in [6, 6.07) is 11.9. The van der Waals surface area contributed by atoms with Crippen molar-refractivity contribution in [3.05, 3.63) is 57.3 Å². The van der Waals surface area contributed by atoms with Crippen molar-refractivity contribution in [2.24, 2.45) is 0 Å². The highest BCUT2D eigenvalue weighted by Crippen LogP contribution is 2.22. The van der Waals surface area contributed by atoms with Crippen molar-refractivity contribution in [3.8, 4) is 0 Å². The second-order valence-corrected chi connectivity index (χ2v) is 7.60. The maximum absolute atomic E-state index is 12.3. The van der Waals surface area contributed by atoms with Crippen molar-refractivity contribution in [2.45, 2.75) is 46.1 Å². The lowest BCUT2D eigenvalue weighted by molar-refractivity contribution is -0.129. The summed E-state index contributed by atoms with van der Waals surface area (Å²) < 4.78 is 5.32. The fraction of sp³-hybridized carbons (Fsp3) is 0.400. The van der Waals surface area contributed by atoms with Crippen LogP contribution >= 0.6 is 11.3 Å². The average Bonchev–Trinajstić information content (AvgIpc) is 2.94. The molecule has 0 unspecified atom stereocenters. The van der Waals surface area contributed by atoms with Gasteiger partial charge in [-0.2, -0.15) is 0 Å². The Morgan fingerprint density at radius 1 is 1.20 bits per heavy atom. The number of carbonyl (C=O) groups excluding carboxylic acids is 2. The molecule has 1 amide bonds. The summed E-state index contributed by atoms with van der Waals surface area (Å²) in [6.07, 6.45) is 0.103. The largest absolute Gasteiger partial charge is 0.449 e. The Hall–Kier alpha value is -2.14. The number of benzene rings is 1. The van der Waals surface area contributed by atoms with Gasteiger partial charge >= 0.3 is 5.97 Å². The zero-order valence-electron chi connectivity index (χ0n) is 15.2. The summed E-state index contributed by atoms with van der Waals surface area (Å²) in [6.45, 7) is 8.04. The lowest BCUT2D eigenvalue weighted by atomic mass is 9.96. The van der Waals surface area contributed by atoms with E-state index in [4.69, 9.17) is 4.74 Å². The molecule has 0 aliphatic rings. The molecule has 2 rings (SSSR count). The molecule has 0 aliphatic carbocycles. The van der Waals surface area contributed by atoms with Crippen LogP contribution in [0.5, 0.6) is 0 Å². The van der Waals surface area contributed by atoms with Crippen LogP contribution in [-0.2, 0) is 9.53 Å². The minimum absolute atomic E-state index is 0.245. The van der Waals surface area contributed by atoms with Gasteiger partial charge in [-0.25, -0.2) is 4.79 Å². The molecule has 0 spiro atoms. The van der Waals surface area contributed by atoms with E-state index < -0.39 is 12.1 Å². The van der Waals surface area contributed by atoms with Gasteiger partial charge < -0.3 is 10.1 Å². The average molecular weight is 359 g/mol. The van der Waals surface area contributed by atoms with Crippen LogP contribution in [-0.4, -0.2) is 24.5 Å². The van der Waals surface area contributed by atoms with E-state index in [1.807, 2.05) is 32.0 Å². The van der Waals surface area contributed by atoms with E-state index in [0.717, 1.165) is 16.2 Å². The summed E-state index contributed by atoms with van der Waals surface area (Å²) in [5, 5.41) is 2.90. The summed E-state index contributed by atoms with van der Waals surface area (Å²) >= 11 is 1.55. The predicted octanol–water partition coefficient (Wildman–Crippen LogP) is 4.22. The van der Waals surface area contributed by atoms with Crippen molar-refractivity contribution in [2.75, 3.05) is 6.54 Å². The van der Waals surface area contributed by atoms with Gasteiger partial charge in [0, 0.05) is 22.2 Å². The lowest BCUT2D eigenvalue weighted by Crippen LogP contribution is -2.38. The Morgan fingerprint density at radius 3 is 2.44 bits per heavy atom. The van der Waals surface area contributed by atoms with Crippen LogP contribution in [0.25, 0.3) is 0 Å². The Morgan fingerprint density at radius 2 is 1.88 bits per heavy atom. The molecule has 0 radical (unpaired) electrons. The first kappa shape index (κ1) is 19.2. The molecule has 0 bridgehead atoms. The molecule has 1 N–H and O–H groups in total. The number of hydrogen-bond acceptors (Lipinski definition) is 4. The second-order valence-electron chi connectivity index (χ2n) is 6.14. The summed E-state index contributed by atoms with van der Waals surface area (Å²) in [5.74, 6) is -0.471. The molecule has 2 atom stereocenters. The highest BCUT2D eigenvalue weighted by atomic mass is 32.1. The standard InChI is InChI=1S/C20H25NO3S/c1-5-16(17-9-7-6-8-10-17)12-21-19(22)14(3)24-20(23)18-11-13(2)25-15(18)4/h6-11,14,16H,5,12H2,1-4H3,(H,21,22)/t14-,16+/m0/s1. The fourth-order valence-corrected chi connectivity index (χ4v) is 3.61. The molecule has 0 fully saturated rings. The Kier molecular flexibility index (Phi) is 6.76. The normalized spacial score (nSPS) is 13.1. The van der Waals surface area contributed by atoms with Gasteiger partial charge in [0.25, 0.3) is 5.91 Å². The van der Waals surface area contributed by atoms with Crippen LogP contribution in [0.1, 0.15) is 51.9 Å². The second kappa shape index (κ2) is 8.81. The third kappa shape index (κ3) is 5.16. The van der Waals surface area contributed by atoms with Gasteiger partial charge in [-0.05, 0) is 38.8 Å². The van der Waals surface area contributed by atoms with Crippen molar-refractivity contribution in [1.82, 2.24) is 5.32 Å². The number of nitrogens with one attached hydrogen (secondary N) is 1. The van der Waals surface area contributed by atoms with E-state index >= 15 is 0 Å². The van der Waals surface area contributed by atoms with Crippen LogP contribution in [0.15, 0.2) is 36.4 Å². The number of hydrogen-bond donors (Lipinski definition) is 1. The van der Waals surface area contributed by atoms with E-state index in [2.05, 4.69) is 24.4 Å². The molecule has 0 saturated heterocycles. The molecule has 4 nitrogen and oxygen atoms in total. The molecule has 134 valence electrons. The molecular formula is C20H25NO3S. The van der Waals surface area contributed by atoms with E-state index in [-0.39, 0.29) is 11.8 Å². The van der Waals surface area contributed by atoms with Crippen LogP contribution in [0.3, 0.4) is 0 Å². The zero-order valence-corrected chi connectivity index (χ0v) is 16.0. The van der Waals surface area contributed by atoms with Crippen LogP contribution in [0, 0.1) is 13.8 Å². The molecule has 2 aromatic rings. The lowest BCUT2D eigenvalue weighted by Gasteiger charge is -2.18. The molecular weight excluding hydrogens is 334 g/mol. The molecule has 1 heterocycles. The summed E-state index contributed by atoms with van der Waals surface area (Å²) in [4.78, 5) is 26.4.